The third kappa shape index (κ3) is 1.72. The summed E-state index contributed by atoms with van der Waals surface area (Å²) in [5, 5.41) is 18.9. The second kappa shape index (κ2) is 3.33. The highest BCUT2D eigenvalue weighted by Crippen LogP contribution is 2.35. The fraction of sp³-hybridized carbons (Fsp3) is 0.444. The monoisotopic (exact) mass is 246 g/mol. The Kier molecular flexibility index (Phi) is 2.32. The molecule has 0 saturated carbocycles. The van der Waals surface area contributed by atoms with Crippen molar-refractivity contribution in [1.29, 1.82) is 0 Å². The topological polar surface area (TPSA) is 105 Å². The Balaban J connectivity index is 2.45. The largest absolute Gasteiger partial charge is 0.478 e. The van der Waals surface area contributed by atoms with Crippen molar-refractivity contribution in [1.82, 2.24) is 0 Å². The maximum Gasteiger partial charge on any atom is 0.339 e. The number of carbonyl (C=O) groups is 1. The van der Waals surface area contributed by atoms with Crippen molar-refractivity contribution in [3.63, 3.8) is 0 Å². The standard InChI is InChI=1S/C9H10O6S/c10-8(11)6-1-3-15-7(6)9(12)2-4-16(13,14)5-9/h1,3,12H,2,4-5H2,(H,10,11). The van der Waals surface area contributed by atoms with E-state index in [9.17, 15) is 18.3 Å². The first-order valence-corrected chi connectivity index (χ1v) is 6.40. The Hall–Kier alpha value is -1.34. The molecule has 2 rings (SSSR count). The van der Waals surface area contributed by atoms with E-state index in [1.807, 2.05) is 0 Å². The molecule has 16 heavy (non-hydrogen) atoms. The smallest absolute Gasteiger partial charge is 0.339 e. The molecule has 7 heteroatoms. The number of aromatic carboxylic acids is 1. The van der Waals surface area contributed by atoms with Crippen LogP contribution in [0.1, 0.15) is 22.5 Å². The molecule has 1 atom stereocenters. The van der Waals surface area contributed by atoms with Crippen LogP contribution in [0.15, 0.2) is 16.7 Å². The highest BCUT2D eigenvalue weighted by molar-refractivity contribution is 7.91. The van der Waals surface area contributed by atoms with E-state index in [1.165, 1.54) is 6.07 Å². The van der Waals surface area contributed by atoms with E-state index in [2.05, 4.69) is 0 Å². The number of hydrogen-bond donors (Lipinski definition) is 2. The summed E-state index contributed by atoms with van der Waals surface area (Å²) in [6, 6.07) is 1.20. The van der Waals surface area contributed by atoms with Crippen LogP contribution >= 0.6 is 0 Å². The molecule has 0 spiro atoms. The van der Waals surface area contributed by atoms with Crippen LogP contribution in [0.4, 0.5) is 0 Å². The predicted octanol–water partition coefficient (Wildman–Crippen LogP) is -0.0161. The van der Waals surface area contributed by atoms with Gasteiger partial charge >= 0.3 is 5.97 Å². The molecule has 0 amide bonds. The van der Waals surface area contributed by atoms with Crippen LogP contribution in [-0.4, -0.2) is 36.1 Å². The molecule has 0 bridgehead atoms. The molecule has 1 aromatic rings. The van der Waals surface area contributed by atoms with Gasteiger partial charge in [-0.1, -0.05) is 0 Å². The molecule has 1 aliphatic heterocycles. The van der Waals surface area contributed by atoms with Gasteiger partial charge in [0.25, 0.3) is 0 Å². The first kappa shape index (κ1) is 11.2. The van der Waals surface area contributed by atoms with Crippen LogP contribution in [0.2, 0.25) is 0 Å². The summed E-state index contributed by atoms with van der Waals surface area (Å²) in [6.45, 7) is 0. The molecule has 6 nitrogen and oxygen atoms in total. The van der Waals surface area contributed by atoms with E-state index < -0.39 is 27.2 Å². The van der Waals surface area contributed by atoms with E-state index in [1.54, 1.807) is 0 Å². The van der Waals surface area contributed by atoms with Crippen molar-refractivity contribution in [2.24, 2.45) is 0 Å². The molecule has 2 heterocycles. The minimum Gasteiger partial charge on any atom is -0.478 e. The normalized spacial score (nSPS) is 28.1. The van der Waals surface area contributed by atoms with Crippen LogP contribution in [0.25, 0.3) is 0 Å². The van der Waals surface area contributed by atoms with Crippen LogP contribution in [0, 0.1) is 0 Å². The van der Waals surface area contributed by atoms with Gasteiger partial charge in [-0.3, -0.25) is 0 Å². The van der Waals surface area contributed by atoms with Gasteiger partial charge in [-0.2, -0.15) is 0 Å². The number of aliphatic hydroxyl groups is 1. The van der Waals surface area contributed by atoms with Gasteiger partial charge in [0.05, 0.1) is 17.8 Å². The van der Waals surface area contributed by atoms with Crippen LogP contribution in [-0.2, 0) is 15.4 Å². The molecular formula is C9H10O6S. The van der Waals surface area contributed by atoms with E-state index in [0.29, 0.717) is 0 Å². The van der Waals surface area contributed by atoms with Crippen molar-refractivity contribution in [3.05, 3.63) is 23.7 Å². The second-order valence-electron chi connectivity index (χ2n) is 3.84. The van der Waals surface area contributed by atoms with Gasteiger partial charge in [0.15, 0.2) is 15.6 Å². The Morgan fingerprint density at radius 1 is 1.50 bits per heavy atom. The Morgan fingerprint density at radius 3 is 2.69 bits per heavy atom. The van der Waals surface area contributed by atoms with Gasteiger partial charge < -0.3 is 14.6 Å². The van der Waals surface area contributed by atoms with E-state index in [4.69, 9.17) is 9.52 Å². The number of carboxylic acid groups (broad SMARTS) is 1. The minimum absolute atomic E-state index is 0.0386. The van der Waals surface area contributed by atoms with Gasteiger partial charge in [0.2, 0.25) is 0 Å². The molecule has 1 unspecified atom stereocenters. The molecule has 0 radical (unpaired) electrons. The lowest BCUT2D eigenvalue weighted by atomic mass is 9.97. The lowest BCUT2D eigenvalue weighted by molar-refractivity contribution is 0.0378. The van der Waals surface area contributed by atoms with E-state index in [0.717, 1.165) is 6.26 Å². The lowest BCUT2D eigenvalue weighted by Crippen LogP contribution is -2.28. The zero-order valence-corrected chi connectivity index (χ0v) is 9.03. The van der Waals surface area contributed by atoms with E-state index >= 15 is 0 Å². The maximum absolute atomic E-state index is 11.3. The average molecular weight is 246 g/mol. The SMILES string of the molecule is O=C(O)c1ccoc1C1(O)CCS(=O)(=O)C1. The fourth-order valence-electron chi connectivity index (χ4n) is 1.85. The summed E-state index contributed by atoms with van der Waals surface area (Å²) in [4.78, 5) is 10.8. The molecular weight excluding hydrogens is 236 g/mol. The molecule has 1 fully saturated rings. The molecule has 2 N–H and O–H groups in total. The summed E-state index contributed by atoms with van der Waals surface area (Å²) in [6.07, 6.45) is 1.09. The maximum atomic E-state index is 11.3. The molecule has 0 aromatic carbocycles. The molecule has 1 aliphatic rings. The first-order valence-electron chi connectivity index (χ1n) is 4.58. The highest BCUT2D eigenvalue weighted by atomic mass is 32.2. The second-order valence-corrected chi connectivity index (χ2v) is 6.03. The van der Waals surface area contributed by atoms with Crippen LogP contribution < -0.4 is 0 Å². The van der Waals surface area contributed by atoms with Crippen molar-refractivity contribution in [2.75, 3.05) is 11.5 Å². The number of furan rings is 1. The third-order valence-electron chi connectivity index (χ3n) is 2.60. The highest BCUT2D eigenvalue weighted by Gasteiger charge is 2.46. The van der Waals surface area contributed by atoms with Gasteiger partial charge in [-0.25, -0.2) is 13.2 Å². The van der Waals surface area contributed by atoms with Crippen LogP contribution in [0.3, 0.4) is 0 Å². The summed E-state index contributed by atoms with van der Waals surface area (Å²) >= 11 is 0. The van der Waals surface area contributed by atoms with Gasteiger partial charge in [0, 0.05) is 0 Å². The third-order valence-corrected chi connectivity index (χ3v) is 4.35. The zero-order valence-electron chi connectivity index (χ0n) is 8.21. The molecule has 1 saturated heterocycles. The lowest BCUT2D eigenvalue weighted by Gasteiger charge is -2.18. The Bertz CT molecular complexity index is 528. The molecule has 1 aromatic heterocycles. The summed E-state index contributed by atoms with van der Waals surface area (Å²) in [7, 11) is -3.33. The van der Waals surface area contributed by atoms with Gasteiger partial charge in [0.1, 0.15) is 11.2 Å². The number of carboxylic acids is 1. The quantitative estimate of drug-likeness (QED) is 0.760. The van der Waals surface area contributed by atoms with Crippen molar-refractivity contribution in [3.8, 4) is 0 Å². The first-order chi connectivity index (χ1) is 7.34. The van der Waals surface area contributed by atoms with Crippen molar-refractivity contribution < 1.29 is 27.8 Å². The fourth-order valence-corrected chi connectivity index (χ4v) is 3.65. The van der Waals surface area contributed by atoms with Crippen molar-refractivity contribution in [2.45, 2.75) is 12.0 Å². The summed E-state index contributed by atoms with van der Waals surface area (Å²) in [5.74, 6) is -2.08. The van der Waals surface area contributed by atoms with Gasteiger partial charge in [-0.15, -0.1) is 0 Å². The minimum atomic E-state index is -3.33. The number of hydrogen-bond acceptors (Lipinski definition) is 5. The molecule has 0 aliphatic carbocycles. The average Bonchev–Trinajstić information content (AvgIpc) is 2.71. The number of sulfone groups is 1. The molecule has 88 valence electrons. The van der Waals surface area contributed by atoms with Crippen LogP contribution in [0.5, 0.6) is 0 Å². The summed E-state index contributed by atoms with van der Waals surface area (Å²) < 4.78 is 27.5. The Morgan fingerprint density at radius 2 is 2.19 bits per heavy atom. The summed E-state index contributed by atoms with van der Waals surface area (Å²) in [5.41, 5.74) is -1.91. The zero-order chi connectivity index (χ0) is 12.0. The Labute approximate surface area is 91.4 Å². The van der Waals surface area contributed by atoms with Gasteiger partial charge in [-0.05, 0) is 12.5 Å². The predicted molar refractivity (Wildman–Crippen MR) is 52.8 cm³/mol. The number of rotatable bonds is 2. The van der Waals surface area contributed by atoms with E-state index in [-0.39, 0.29) is 23.5 Å². The van der Waals surface area contributed by atoms with Crippen molar-refractivity contribution >= 4 is 15.8 Å².